The molecule has 3 rings (SSSR count). The summed E-state index contributed by atoms with van der Waals surface area (Å²) >= 11 is 0. The zero-order chi connectivity index (χ0) is 13.2. The van der Waals surface area contributed by atoms with Crippen molar-refractivity contribution >= 4 is 0 Å². The van der Waals surface area contributed by atoms with Crippen LogP contribution in [-0.4, -0.2) is 6.54 Å². The molecule has 100 valence electrons. The van der Waals surface area contributed by atoms with Gasteiger partial charge >= 0.3 is 0 Å². The van der Waals surface area contributed by atoms with Crippen molar-refractivity contribution in [2.24, 2.45) is 0 Å². The molecule has 0 amide bonds. The molecular weight excluding hydrogens is 234 g/mol. The first-order chi connectivity index (χ1) is 9.28. The van der Waals surface area contributed by atoms with Gasteiger partial charge in [-0.05, 0) is 49.4 Å². The maximum Gasteiger partial charge on any atom is 0.101 e. The number of fused-ring (bicyclic) bond motifs is 1. The zero-order valence-electron chi connectivity index (χ0n) is 11.6. The van der Waals surface area contributed by atoms with Crippen LogP contribution in [0.3, 0.4) is 0 Å². The molecule has 1 heterocycles. The van der Waals surface area contributed by atoms with Crippen LogP contribution in [0.5, 0.6) is 0 Å². The zero-order valence-corrected chi connectivity index (χ0v) is 11.6. The number of benzene rings is 1. The van der Waals surface area contributed by atoms with Gasteiger partial charge in [-0.15, -0.1) is 0 Å². The summed E-state index contributed by atoms with van der Waals surface area (Å²) in [7, 11) is 0. The molecule has 2 unspecified atom stereocenters. The third kappa shape index (κ3) is 2.45. The average Bonchev–Trinajstić information content (AvgIpc) is 2.81. The van der Waals surface area contributed by atoms with Gasteiger partial charge in [-0.2, -0.15) is 0 Å². The molecule has 0 aliphatic heterocycles. The van der Waals surface area contributed by atoms with Crippen molar-refractivity contribution in [1.82, 2.24) is 5.32 Å². The van der Waals surface area contributed by atoms with Crippen LogP contribution in [0.4, 0.5) is 0 Å². The van der Waals surface area contributed by atoms with E-state index in [4.69, 9.17) is 4.42 Å². The van der Waals surface area contributed by atoms with Gasteiger partial charge < -0.3 is 9.73 Å². The topological polar surface area (TPSA) is 25.2 Å². The molecular formula is C17H21NO. The van der Waals surface area contributed by atoms with Gasteiger partial charge in [0.1, 0.15) is 5.76 Å². The Hall–Kier alpha value is -1.54. The number of hydrogen-bond donors (Lipinski definition) is 1. The van der Waals surface area contributed by atoms with Crippen LogP contribution in [0, 0.1) is 6.92 Å². The second-order valence-corrected chi connectivity index (χ2v) is 5.44. The molecule has 0 saturated carbocycles. The van der Waals surface area contributed by atoms with Crippen LogP contribution >= 0.6 is 0 Å². The fourth-order valence-electron chi connectivity index (χ4n) is 3.09. The van der Waals surface area contributed by atoms with E-state index in [9.17, 15) is 0 Å². The maximum atomic E-state index is 5.45. The predicted octanol–water partition coefficient (Wildman–Crippen LogP) is 3.97. The highest BCUT2D eigenvalue weighted by Gasteiger charge is 2.28. The van der Waals surface area contributed by atoms with E-state index in [0.717, 1.165) is 18.7 Å². The van der Waals surface area contributed by atoms with E-state index >= 15 is 0 Å². The average molecular weight is 255 g/mol. The Balaban J connectivity index is 1.73. The molecule has 2 aromatic rings. The first-order valence-corrected chi connectivity index (χ1v) is 7.14. The number of nitrogens with one attached hydrogen (secondary N) is 1. The minimum Gasteiger partial charge on any atom is -0.469 e. The van der Waals surface area contributed by atoms with Gasteiger partial charge in [-0.25, -0.2) is 0 Å². The molecule has 0 bridgehead atoms. The molecule has 2 atom stereocenters. The Morgan fingerprint density at radius 3 is 2.89 bits per heavy atom. The maximum absolute atomic E-state index is 5.45. The summed E-state index contributed by atoms with van der Waals surface area (Å²) in [6, 6.07) is 11.4. The highest BCUT2D eigenvalue weighted by atomic mass is 16.3. The van der Waals surface area contributed by atoms with Gasteiger partial charge in [0, 0.05) is 11.6 Å². The van der Waals surface area contributed by atoms with Crippen LogP contribution in [0.15, 0.2) is 41.0 Å². The highest BCUT2D eigenvalue weighted by molar-refractivity contribution is 5.40. The molecule has 0 saturated heterocycles. The van der Waals surface area contributed by atoms with Crippen molar-refractivity contribution in [3.8, 4) is 0 Å². The number of rotatable bonds is 5. The molecule has 0 spiro atoms. The third-order valence-electron chi connectivity index (χ3n) is 4.09. The molecule has 1 aliphatic rings. The number of aryl methyl sites for hydroxylation is 1. The monoisotopic (exact) mass is 255 g/mol. The molecule has 1 aromatic heterocycles. The quantitative estimate of drug-likeness (QED) is 0.874. The number of hydrogen-bond acceptors (Lipinski definition) is 2. The van der Waals surface area contributed by atoms with Gasteiger partial charge in [0.05, 0.1) is 6.26 Å². The Morgan fingerprint density at radius 1 is 1.37 bits per heavy atom. The predicted molar refractivity (Wildman–Crippen MR) is 77.4 cm³/mol. The van der Waals surface area contributed by atoms with Gasteiger partial charge in [0.25, 0.3) is 0 Å². The molecule has 0 radical (unpaired) electrons. The summed E-state index contributed by atoms with van der Waals surface area (Å²) in [6.07, 6.45) is 4.27. The van der Waals surface area contributed by atoms with Crippen molar-refractivity contribution in [1.29, 1.82) is 0 Å². The summed E-state index contributed by atoms with van der Waals surface area (Å²) < 4.78 is 5.45. The van der Waals surface area contributed by atoms with E-state index < -0.39 is 0 Å². The van der Waals surface area contributed by atoms with Gasteiger partial charge in [0.15, 0.2) is 0 Å². The van der Waals surface area contributed by atoms with Gasteiger partial charge in [-0.1, -0.05) is 31.2 Å². The first-order valence-electron chi connectivity index (χ1n) is 7.14. The first kappa shape index (κ1) is 12.5. The van der Waals surface area contributed by atoms with E-state index in [0.29, 0.717) is 12.0 Å². The SMILES string of the molecule is CCNC(CC1Cc2ccccc21)c1coc(C)c1. The Labute approximate surface area is 114 Å². The summed E-state index contributed by atoms with van der Waals surface area (Å²) in [4.78, 5) is 0. The minimum absolute atomic E-state index is 0.404. The van der Waals surface area contributed by atoms with Crippen LogP contribution in [0.25, 0.3) is 0 Å². The minimum atomic E-state index is 0.404. The van der Waals surface area contributed by atoms with E-state index in [1.807, 2.05) is 13.2 Å². The molecule has 19 heavy (non-hydrogen) atoms. The lowest BCUT2D eigenvalue weighted by atomic mass is 9.74. The van der Waals surface area contributed by atoms with Crippen molar-refractivity contribution in [2.75, 3.05) is 6.54 Å². The van der Waals surface area contributed by atoms with E-state index in [2.05, 4.69) is 42.6 Å². The fourth-order valence-corrected chi connectivity index (χ4v) is 3.09. The normalized spacial score (nSPS) is 18.7. The standard InChI is InChI=1S/C17H21NO/c1-3-18-17(15-8-12(2)19-11-15)10-14-9-13-6-4-5-7-16(13)14/h4-8,11,14,17-18H,3,9-10H2,1-2H3. The smallest absolute Gasteiger partial charge is 0.101 e. The lowest BCUT2D eigenvalue weighted by Gasteiger charge is -2.33. The second-order valence-electron chi connectivity index (χ2n) is 5.44. The third-order valence-corrected chi connectivity index (χ3v) is 4.09. The van der Waals surface area contributed by atoms with Crippen molar-refractivity contribution in [2.45, 2.75) is 38.6 Å². The largest absolute Gasteiger partial charge is 0.469 e. The molecule has 1 aliphatic carbocycles. The Bertz CT molecular complexity index is 558. The van der Waals surface area contributed by atoms with Crippen molar-refractivity contribution in [3.05, 3.63) is 59.0 Å². The van der Waals surface area contributed by atoms with Crippen LogP contribution in [0.2, 0.25) is 0 Å². The Morgan fingerprint density at radius 2 is 2.21 bits per heavy atom. The summed E-state index contributed by atoms with van der Waals surface area (Å²) in [5.74, 6) is 1.68. The van der Waals surface area contributed by atoms with Crippen LogP contribution in [-0.2, 0) is 6.42 Å². The fraction of sp³-hybridized carbons (Fsp3) is 0.412. The summed E-state index contributed by atoms with van der Waals surface area (Å²) in [6.45, 7) is 5.16. The van der Waals surface area contributed by atoms with Gasteiger partial charge in [-0.3, -0.25) is 0 Å². The highest BCUT2D eigenvalue weighted by Crippen LogP contribution is 2.40. The van der Waals surface area contributed by atoms with Gasteiger partial charge in [0.2, 0.25) is 0 Å². The van der Waals surface area contributed by atoms with E-state index in [1.54, 1.807) is 0 Å². The van der Waals surface area contributed by atoms with Crippen molar-refractivity contribution < 1.29 is 4.42 Å². The summed E-state index contributed by atoms with van der Waals surface area (Å²) in [5.41, 5.74) is 4.33. The van der Waals surface area contributed by atoms with Crippen LogP contribution in [0.1, 0.15) is 47.8 Å². The van der Waals surface area contributed by atoms with E-state index in [1.165, 1.54) is 23.1 Å². The number of furan rings is 1. The Kier molecular flexibility index (Phi) is 3.43. The lowest BCUT2D eigenvalue weighted by Crippen LogP contribution is -2.26. The molecule has 2 nitrogen and oxygen atoms in total. The second kappa shape index (κ2) is 5.22. The molecule has 1 N–H and O–H groups in total. The lowest BCUT2D eigenvalue weighted by molar-refractivity contribution is 0.431. The van der Waals surface area contributed by atoms with Crippen LogP contribution < -0.4 is 5.32 Å². The molecule has 2 heteroatoms. The summed E-state index contributed by atoms with van der Waals surface area (Å²) in [5, 5.41) is 3.58. The molecule has 1 aromatic carbocycles. The van der Waals surface area contributed by atoms with Crippen molar-refractivity contribution in [3.63, 3.8) is 0 Å². The van der Waals surface area contributed by atoms with E-state index in [-0.39, 0.29) is 0 Å². The molecule has 0 fully saturated rings.